The van der Waals surface area contributed by atoms with E-state index in [1.54, 1.807) is 0 Å². The molecule has 0 spiro atoms. The largest absolute Gasteiger partial charge is 0.165 e. The van der Waals surface area contributed by atoms with Crippen LogP contribution in [-0.4, -0.2) is 3.71 Å². The maximum atomic E-state index is 5.37. The van der Waals surface area contributed by atoms with Crippen LogP contribution >= 0.6 is 17.0 Å². The van der Waals surface area contributed by atoms with Gasteiger partial charge in [0.25, 0.3) is 0 Å². The van der Waals surface area contributed by atoms with Gasteiger partial charge in [-0.05, 0) is 21.7 Å². The average Bonchev–Trinajstić information content (AvgIpc) is 3.35. The van der Waals surface area contributed by atoms with Crippen molar-refractivity contribution in [2.45, 2.75) is 126 Å². The minimum absolute atomic E-state index is 0.196. The second-order valence-corrected chi connectivity index (χ2v) is 24.5. The first-order valence-electron chi connectivity index (χ1n) is 14.9. The molecule has 0 heterocycles. The second-order valence-electron chi connectivity index (χ2n) is 15.7. The summed E-state index contributed by atoms with van der Waals surface area (Å²) >= 11 is -1.76. The molecular formula is C38H54Cl2Zr-2. The van der Waals surface area contributed by atoms with Crippen LogP contribution in [0.4, 0.5) is 0 Å². The molecule has 0 fully saturated rings. The third-order valence-corrected chi connectivity index (χ3v) is 11.1. The third-order valence-electron chi connectivity index (χ3n) is 7.43. The van der Waals surface area contributed by atoms with E-state index in [0.29, 0.717) is 0 Å². The molecule has 0 aliphatic rings. The van der Waals surface area contributed by atoms with Gasteiger partial charge in [-0.2, -0.15) is 12.1 Å². The monoisotopic (exact) mass is 670 g/mol. The summed E-state index contributed by atoms with van der Waals surface area (Å²) in [5.74, 6) is 0. The first-order chi connectivity index (χ1) is 18.4. The molecule has 0 N–H and O–H groups in total. The number of hydrogen-bond donors (Lipinski definition) is 0. The smallest absolute Gasteiger partial charge is 0.0145 e. The Kier molecular flexibility index (Phi) is 11.8. The van der Waals surface area contributed by atoms with Crippen LogP contribution in [0.1, 0.15) is 123 Å². The van der Waals surface area contributed by atoms with Crippen molar-refractivity contribution in [3.8, 4) is 0 Å². The van der Waals surface area contributed by atoms with Gasteiger partial charge in [0.2, 0.25) is 0 Å². The van der Waals surface area contributed by atoms with E-state index in [1.165, 1.54) is 54.9 Å². The molecule has 3 heteroatoms. The van der Waals surface area contributed by atoms with Crippen molar-refractivity contribution >= 4 is 42.3 Å². The van der Waals surface area contributed by atoms with Gasteiger partial charge in [-0.15, -0.1) is 69.1 Å². The summed E-state index contributed by atoms with van der Waals surface area (Å²) in [6.07, 6.45) is 0. The van der Waals surface area contributed by atoms with Crippen LogP contribution in [0.25, 0.3) is 21.5 Å². The molecule has 4 rings (SSSR count). The van der Waals surface area contributed by atoms with E-state index in [4.69, 9.17) is 17.0 Å². The maximum Gasteiger partial charge on any atom is -0.0145 e. The van der Waals surface area contributed by atoms with Crippen LogP contribution in [0.3, 0.4) is 0 Å². The Hall–Kier alpha value is -1.01. The SMILES string of the molecule is C[CH]=[Zr]([Cl])[Cl].Cc1cc2cc(C(C)(C)C)c(C(C)(C)C)cc2[cH-]1.Cc1cc2cc(C(C)(C)C)c(C(C)(C)C)cc2[cH-]1. The molecule has 0 unspecified atom stereocenters. The summed E-state index contributed by atoms with van der Waals surface area (Å²) < 4.78 is 1.89. The summed E-state index contributed by atoms with van der Waals surface area (Å²) in [6.45, 7) is 33.9. The first-order valence-corrected chi connectivity index (χ1v) is 22.6. The molecule has 0 nitrogen and oxygen atoms in total. The molecule has 0 atom stereocenters. The fourth-order valence-electron chi connectivity index (χ4n) is 5.31. The number of fused-ring (bicyclic) bond motifs is 2. The molecule has 41 heavy (non-hydrogen) atoms. The van der Waals surface area contributed by atoms with Crippen LogP contribution in [0.2, 0.25) is 0 Å². The molecule has 4 aromatic rings. The molecule has 0 aromatic heterocycles. The van der Waals surface area contributed by atoms with Gasteiger partial charge < -0.3 is 0 Å². The van der Waals surface area contributed by atoms with E-state index >= 15 is 0 Å². The van der Waals surface area contributed by atoms with Crippen molar-refractivity contribution in [1.29, 1.82) is 0 Å². The number of halogens is 2. The molecule has 0 saturated heterocycles. The van der Waals surface area contributed by atoms with Gasteiger partial charge >= 0.3 is 46.5 Å². The standard InChI is InChI=1S/2C18H25.C2H4.2ClH.Zr/c2*1-12-8-13-10-15(17(2,3)4)16(18(5,6)7)11-14(13)9-12;1-2;;;/h2*8-11H,1-7H3;1H,2H3;2*1H;/q2*-1;;;;+2/p-2. The van der Waals surface area contributed by atoms with Gasteiger partial charge in [0, 0.05) is 0 Å². The van der Waals surface area contributed by atoms with Crippen molar-refractivity contribution in [1.82, 2.24) is 0 Å². The van der Waals surface area contributed by atoms with Crippen molar-refractivity contribution in [3.63, 3.8) is 0 Å². The van der Waals surface area contributed by atoms with Crippen LogP contribution < -0.4 is 0 Å². The Morgan fingerprint density at radius 2 is 0.756 bits per heavy atom. The summed E-state index contributed by atoms with van der Waals surface area (Å²) in [7, 11) is 10.7. The van der Waals surface area contributed by atoms with E-state index in [1.807, 2.05) is 10.6 Å². The Morgan fingerprint density at radius 1 is 0.512 bits per heavy atom. The van der Waals surface area contributed by atoms with Crippen molar-refractivity contribution in [2.75, 3.05) is 0 Å². The Balaban J connectivity index is 0.000000247. The van der Waals surface area contributed by atoms with Crippen LogP contribution in [0.15, 0.2) is 48.5 Å². The molecule has 0 saturated carbocycles. The minimum atomic E-state index is -1.76. The number of hydrogen-bond acceptors (Lipinski definition) is 0. The van der Waals surface area contributed by atoms with E-state index < -0.39 is 18.9 Å². The Morgan fingerprint density at radius 3 is 0.976 bits per heavy atom. The summed E-state index contributed by atoms with van der Waals surface area (Å²) in [4.78, 5) is 0. The topological polar surface area (TPSA) is 0 Å². The van der Waals surface area contributed by atoms with Crippen LogP contribution in [0, 0.1) is 13.8 Å². The zero-order valence-corrected chi connectivity index (χ0v) is 32.4. The fraction of sp³-hybridized carbons (Fsp3) is 0.500. The summed E-state index contributed by atoms with van der Waals surface area (Å²) in [5, 5.41) is 5.52. The second kappa shape index (κ2) is 13.3. The Bertz CT molecular complexity index is 1280. The van der Waals surface area contributed by atoms with E-state index in [2.05, 4.69) is 145 Å². The first kappa shape index (κ1) is 36.2. The molecule has 0 bridgehead atoms. The van der Waals surface area contributed by atoms with E-state index in [-0.39, 0.29) is 21.7 Å². The van der Waals surface area contributed by atoms with Gasteiger partial charge in [0.1, 0.15) is 0 Å². The number of benzene rings is 2. The third kappa shape index (κ3) is 10.0. The van der Waals surface area contributed by atoms with Gasteiger partial charge in [0.15, 0.2) is 0 Å². The van der Waals surface area contributed by atoms with Crippen molar-refractivity contribution in [2.24, 2.45) is 0 Å². The molecule has 0 amide bonds. The molecular weight excluding hydrogens is 619 g/mol. The molecule has 0 radical (unpaired) electrons. The van der Waals surface area contributed by atoms with Gasteiger partial charge in [-0.3, -0.25) is 0 Å². The summed E-state index contributed by atoms with van der Waals surface area (Å²) in [5.41, 5.74) is 9.42. The molecule has 226 valence electrons. The van der Waals surface area contributed by atoms with Gasteiger partial charge in [0.05, 0.1) is 0 Å². The normalized spacial score (nSPS) is 12.5. The minimum Gasteiger partial charge on any atom is -0.165 e. The number of aryl methyl sites for hydroxylation is 2. The molecule has 0 aliphatic carbocycles. The fourth-order valence-corrected chi connectivity index (χ4v) is 5.31. The van der Waals surface area contributed by atoms with E-state index in [9.17, 15) is 0 Å². The predicted octanol–water partition coefficient (Wildman–Crippen LogP) is 12.7. The predicted molar refractivity (Wildman–Crippen MR) is 187 cm³/mol. The maximum absolute atomic E-state index is 5.37. The molecule has 0 aliphatic heterocycles. The van der Waals surface area contributed by atoms with E-state index in [0.717, 1.165) is 0 Å². The molecule has 4 aromatic carbocycles. The quantitative estimate of drug-likeness (QED) is 0.163. The van der Waals surface area contributed by atoms with Crippen molar-refractivity contribution in [3.05, 3.63) is 81.9 Å². The van der Waals surface area contributed by atoms with Crippen molar-refractivity contribution < 1.29 is 18.9 Å². The van der Waals surface area contributed by atoms with Gasteiger partial charge in [-0.1, -0.05) is 119 Å². The van der Waals surface area contributed by atoms with Crippen LogP contribution in [0.5, 0.6) is 0 Å². The number of rotatable bonds is 0. The van der Waals surface area contributed by atoms with Gasteiger partial charge in [-0.25, -0.2) is 0 Å². The Labute approximate surface area is 266 Å². The summed E-state index contributed by atoms with van der Waals surface area (Å²) in [6, 6.07) is 18.7. The zero-order valence-electron chi connectivity index (χ0n) is 28.5. The average molecular weight is 673 g/mol. The zero-order chi connectivity index (χ0) is 31.7. The van der Waals surface area contributed by atoms with Crippen LogP contribution in [-0.2, 0) is 40.5 Å².